The number of ketones is 1. The quantitative estimate of drug-likeness (QED) is 0.618. The van der Waals surface area contributed by atoms with E-state index in [1.54, 1.807) is 36.1 Å². The number of esters is 1. The maximum Gasteiger partial charge on any atom is 0.311 e. The van der Waals surface area contributed by atoms with Gasteiger partial charge in [-0.25, -0.2) is 0 Å². The van der Waals surface area contributed by atoms with Crippen LogP contribution in [0.2, 0.25) is 0 Å². The molecular formula is C18H23NO4. The predicted molar refractivity (Wildman–Crippen MR) is 85.9 cm³/mol. The lowest BCUT2D eigenvalue weighted by molar-refractivity contribution is -0.154. The van der Waals surface area contributed by atoms with E-state index in [2.05, 4.69) is 0 Å². The van der Waals surface area contributed by atoms with E-state index >= 15 is 0 Å². The number of ether oxygens (including phenoxy) is 1. The monoisotopic (exact) mass is 317 g/mol. The number of benzene rings is 1. The van der Waals surface area contributed by atoms with Gasteiger partial charge in [0.2, 0.25) is 11.7 Å². The molecule has 0 saturated carbocycles. The highest BCUT2D eigenvalue weighted by Gasteiger charge is 2.31. The summed E-state index contributed by atoms with van der Waals surface area (Å²) in [6, 6.07) is 8.78. The minimum Gasteiger partial charge on any atom is -0.454 e. The van der Waals surface area contributed by atoms with Gasteiger partial charge in [0.15, 0.2) is 6.10 Å². The summed E-state index contributed by atoms with van der Waals surface area (Å²) < 4.78 is 5.34. The maximum absolute atomic E-state index is 12.3. The maximum atomic E-state index is 12.3. The number of Topliss-reactive ketones (excluding diaryl/α,β-unsaturated/α-hetero) is 1. The van der Waals surface area contributed by atoms with Gasteiger partial charge >= 0.3 is 5.97 Å². The Balaban J connectivity index is 1.93. The second-order valence-corrected chi connectivity index (χ2v) is 5.84. The minimum absolute atomic E-state index is 0.0518. The highest BCUT2D eigenvalue weighted by molar-refractivity contribution is 6.00. The van der Waals surface area contributed by atoms with Gasteiger partial charge in [0.05, 0.1) is 5.92 Å². The molecule has 0 radical (unpaired) electrons. The van der Waals surface area contributed by atoms with Crippen molar-refractivity contribution in [2.45, 2.75) is 39.2 Å². The molecule has 1 fully saturated rings. The van der Waals surface area contributed by atoms with E-state index in [-0.39, 0.29) is 17.6 Å². The molecule has 1 aromatic rings. The number of carbonyl (C=O) groups is 3. The SMILES string of the molecule is CCC(=O)N1CCCC(C(=O)OC(C)C(=O)c2ccccc2)C1. The van der Waals surface area contributed by atoms with Crippen LogP contribution in [0.5, 0.6) is 0 Å². The summed E-state index contributed by atoms with van der Waals surface area (Å²) in [6.45, 7) is 4.47. The van der Waals surface area contributed by atoms with Crippen LogP contribution in [0.15, 0.2) is 30.3 Å². The number of carbonyl (C=O) groups excluding carboxylic acids is 3. The summed E-state index contributed by atoms with van der Waals surface area (Å²) in [5.74, 6) is -0.896. The molecule has 0 bridgehead atoms. The van der Waals surface area contributed by atoms with Crippen LogP contribution >= 0.6 is 0 Å². The Morgan fingerprint density at radius 3 is 2.61 bits per heavy atom. The molecule has 0 aliphatic carbocycles. The van der Waals surface area contributed by atoms with Crippen molar-refractivity contribution in [1.29, 1.82) is 0 Å². The first-order valence-electron chi connectivity index (χ1n) is 8.10. The molecule has 1 aliphatic rings. The van der Waals surface area contributed by atoms with Crippen LogP contribution in [0, 0.1) is 5.92 Å². The van der Waals surface area contributed by atoms with Gasteiger partial charge < -0.3 is 9.64 Å². The molecule has 23 heavy (non-hydrogen) atoms. The first kappa shape index (κ1) is 17.2. The molecule has 2 atom stereocenters. The summed E-state index contributed by atoms with van der Waals surface area (Å²) in [6.07, 6.45) is 1.10. The van der Waals surface area contributed by atoms with Crippen LogP contribution in [0.1, 0.15) is 43.5 Å². The molecule has 1 aliphatic heterocycles. The van der Waals surface area contributed by atoms with Crippen molar-refractivity contribution in [2.75, 3.05) is 13.1 Å². The van der Waals surface area contributed by atoms with Gasteiger partial charge in [0.1, 0.15) is 0 Å². The molecule has 0 aromatic heterocycles. The average molecular weight is 317 g/mol. The lowest BCUT2D eigenvalue weighted by atomic mass is 9.97. The summed E-state index contributed by atoms with van der Waals surface area (Å²) in [5.41, 5.74) is 0.527. The Hall–Kier alpha value is -2.17. The van der Waals surface area contributed by atoms with E-state index in [1.165, 1.54) is 0 Å². The highest BCUT2D eigenvalue weighted by atomic mass is 16.5. The van der Waals surface area contributed by atoms with Crippen molar-refractivity contribution in [3.05, 3.63) is 35.9 Å². The van der Waals surface area contributed by atoms with Crippen molar-refractivity contribution in [2.24, 2.45) is 5.92 Å². The smallest absolute Gasteiger partial charge is 0.311 e. The van der Waals surface area contributed by atoms with Crippen LogP contribution in [-0.4, -0.2) is 41.8 Å². The third kappa shape index (κ3) is 4.41. The molecule has 1 saturated heterocycles. The number of rotatable bonds is 5. The Kier molecular flexibility index (Phi) is 5.90. The fourth-order valence-corrected chi connectivity index (χ4v) is 2.78. The number of amides is 1. The zero-order chi connectivity index (χ0) is 16.8. The van der Waals surface area contributed by atoms with Crippen molar-refractivity contribution in [3.63, 3.8) is 0 Å². The highest BCUT2D eigenvalue weighted by Crippen LogP contribution is 2.20. The summed E-state index contributed by atoms with van der Waals surface area (Å²) in [7, 11) is 0. The van der Waals surface area contributed by atoms with Crippen LogP contribution in [-0.2, 0) is 14.3 Å². The van der Waals surface area contributed by atoms with Crippen LogP contribution in [0.4, 0.5) is 0 Å². The lowest BCUT2D eigenvalue weighted by Crippen LogP contribution is -2.43. The molecule has 2 unspecified atom stereocenters. The van der Waals surface area contributed by atoms with Gasteiger partial charge in [-0.1, -0.05) is 37.3 Å². The normalized spacial score (nSPS) is 19.0. The first-order valence-corrected chi connectivity index (χ1v) is 8.10. The van der Waals surface area contributed by atoms with E-state index in [4.69, 9.17) is 4.74 Å². The second-order valence-electron chi connectivity index (χ2n) is 5.84. The molecule has 5 heteroatoms. The van der Waals surface area contributed by atoms with Crippen molar-refractivity contribution in [3.8, 4) is 0 Å². The van der Waals surface area contributed by atoms with Gasteiger partial charge in [0, 0.05) is 25.1 Å². The molecule has 5 nitrogen and oxygen atoms in total. The largest absolute Gasteiger partial charge is 0.454 e. The summed E-state index contributed by atoms with van der Waals surface area (Å²) in [4.78, 5) is 38.0. The molecule has 124 valence electrons. The Labute approximate surface area is 136 Å². The fraction of sp³-hybridized carbons (Fsp3) is 0.500. The molecule has 1 heterocycles. The number of piperidine rings is 1. The number of nitrogens with zero attached hydrogens (tertiary/aromatic N) is 1. The van der Waals surface area contributed by atoms with Crippen molar-refractivity contribution in [1.82, 2.24) is 4.90 Å². The molecule has 1 aromatic carbocycles. The van der Waals surface area contributed by atoms with Crippen LogP contribution in [0.3, 0.4) is 0 Å². The van der Waals surface area contributed by atoms with Crippen molar-refractivity contribution < 1.29 is 19.1 Å². The number of hydrogen-bond acceptors (Lipinski definition) is 4. The zero-order valence-corrected chi connectivity index (χ0v) is 13.7. The average Bonchev–Trinajstić information content (AvgIpc) is 2.61. The van der Waals surface area contributed by atoms with Gasteiger partial charge in [-0.15, -0.1) is 0 Å². The van der Waals surface area contributed by atoms with Gasteiger partial charge in [-0.2, -0.15) is 0 Å². The molecule has 1 amide bonds. The number of likely N-dealkylation sites (tertiary alicyclic amines) is 1. The molecule has 0 spiro atoms. The lowest BCUT2D eigenvalue weighted by Gasteiger charge is -2.31. The third-order valence-electron chi connectivity index (χ3n) is 4.13. The summed E-state index contributed by atoms with van der Waals surface area (Å²) in [5, 5.41) is 0. The summed E-state index contributed by atoms with van der Waals surface area (Å²) >= 11 is 0. The van der Waals surface area contributed by atoms with E-state index < -0.39 is 12.1 Å². The molecule has 0 N–H and O–H groups in total. The van der Waals surface area contributed by atoms with Gasteiger partial charge in [-0.3, -0.25) is 14.4 Å². The fourth-order valence-electron chi connectivity index (χ4n) is 2.78. The Morgan fingerprint density at radius 2 is 1.96 bits per heavy atom. The van der Waals surface area contributed by atoms with E-state index in [1.807, 2.05) is 13.0 Å². The Morgan fingerprint density at radius 1 is 1.26 bits per heavy atom. The minimum atomic E-state index is -0.817. The molecular weight excluding hydrogens is 294 g/mol. The zero-order valence-electron chi connectivity index (χ0n) is 13.7. The van der Waals surface area contributed by atoms with Gasteiger partial charge in [-0.05, 0) is 19.8 Å². The van der Waals surface area contributed by atoms with Crippen LogP contribution < -0.4 is 0 Å². The Bertz CT molecular complexity index is 570. The van der Waals surface area contributed by atoms with E-state index in [0.717, 1.165) is 6.42 Å². The third-order valence-corrected chi connectivity index (χ3v) is 4.13. The number of hydrogen-bond donors (Lipinski definition) is 0. The second kappa shape index (κ2) is 7.90. The van der Waals surface area contributed by atoms with Crippen LogP contribution in [0.25, 0.3) is 0 Å². The van der Waals surface area contributed by atoms with Gasteiger partial charge in [0.25, 0.3) is 0 Å². The van der Waals surface area contributed by atoms with E-state index in [9.17, 15) is 14.4 Å². The topological polar surface area (TPSA) is 63.7 Å². The predicted octanol–water partition coefficient (Wildman–Crippen LogP) is 2.45. The van der Waals surface area contributed by atoms with E-state index in [0.29, 0.717) is 31.5 Å². The molecule has 2 rings (SSSR count). The first-order chi connectivity index (χ1) is 11.0. The van der Waals surface area contributed by atoms with Crippen molar-refractivity contribution >= 4 is 17.7 Å². The standard InChI is InChI=1S/C18H23NO4/c1-3-16(20)19-11-7-10-15(12-19)18(22)23-13(2)17(21)14-8-5-4-6-9-14/h4-6,8-9,13,15H,3,7,10-12H2,1-2H3.